The van der Waals surface area contributed by atoms with Crippen molar-refractivity contribution in [2.75, 3.05) is 19.7 Å². The molecule has 7 heteroatoms. The zero-order chi connectivity index (χ0) is 15.4. The summed E-state index contributed by atoms with van der Waals surface area (Å²) in [5.41, 5.74) is 0. The number of imide groups is 1. The Balaban J connectivity index is 1.89. The highest BCUT2D eigenvalue weighted by Gasteiger charge is 2.36. The fourth-order valence-corrected chi connectivity index (χ4v) is 2.77. The second kappa shape index (κ2) is 6.69. The number of nitrogens with zero attached hydrogens (tertiary/aromatic N) is 2. The Morgan fingerprint density at radius 3 is 2.52 bits per heavy atom. The van der Waals surface area contributed by atoms with Crippen LogP contribution in [-0.4, -0.2) is 59.2 Å². The van der Waals surface area contributed by atoms with Crippen LogP contribution >= 0.6 is 0 Å². The van der Waals surface area contributed by atoms with Gasteiger partial charge in [-0.05, 0) is 19.8 Å². The summed E-state index contributed by atoms with van der Waals surface area (Å²) in [6.07, 6.45) is 1.88. The van der Waals surface area contributed by atoms with Crippen molar-refractivity contribution in [3.05, 3.63) is 0 Å². The molecule has 7 nitrogen and oxygen atoms in total. The fourth-order valence-electron chi connectivity index (χ4n) is 2.77. The normalized spacial score (nSPS) is 22.0. The summed E-state index contributed by atoms with van der Waals surface area (Å²) in [5.74, 6) is -1.04. The quantitative estimate of drug-likeness (QED) is 0.530. The number of likely N-dealkylation sites (tertiary alicyclic amines) is 2. The van der Waals surface area contributed by atoms with Crippen LogP contribution in [0.15, 0.2) is 0 Å². The lowest BCUT2D eigenvalue weighted by Gasteiger charge is -2.24. The minimum atomic E-state index is -0.526. The van der Waals surface area contributed by atoms with E-state index in [0.717, 1.165) is 11.3 Å². The lowest BCUT2D eigenvalue weighted by Crippen LogP contribution is -2.43. The first-order valence-corrected chi connectivity index (χ1v) is 7.34. The molecule has 0 spiro atoms. The minimum absolute atomic E-state index is 0.0629. The third kappa shape index (κ3) is 3.40. The summed E-state index contributed by atoms with van der Waals surface area (Å²) in [7, 11) is 0. The smallest absolute Gasteiger partial charge is 0.328 e. The first-order valence-electron chi connectivity index (χ1n) is 7.34. The summed E-state index contributed by atoms with van der Waals surface area (Å²) in [6, 6.07) is -0.526. The molecule has 0 aromatic carbocycles. The highest BCUT2D eigenvalue weighted by atomic mass is 16.5. The van der Waals surface area contributed by atoms with Crippen molar-refractivity contribution < 1.29 is 23.9 Å². The van der Waals surface area contributed by atoms with Gasteiger partial charge in [-0.15, -0.1) is 0 Å². The molecule has 2 heterocycles. The predicted octanol–water partition coefficient (Wildman–Crippen LogP) is 0.0796. The molecule has 2 fully saturated rings. The van der Waals surface area contributed by atoms with Gasteiger partial charge in [0.1, 0.15) is 6.04 Å². The van der Waals surface area contributed by atoms with Gasteiger partial charge in [0.2, 0.25) is 17.7 Å². The van der Waals surface area contributed by atoms with Crippen molar-refractivity contribution in [3.63, 3.8) is 0 Å². The molecule has 0 aliphatic carbocycles. The number of hydrogen-bond acceptors (Lipinski definition) is 5. The molecule has 0 bridgehead atoms. The molecule has 0 aromatic heterocycles. The molecule has 0 saturated carbocycles. The maximum Gasteiger partial charge on any atom is 0.328 e. The first-order chi connectivity index (χ1) is 10.0. The Morgan fingerprint density at radius 2 is 1.90 bits per heavy atom. The summed E-state index contributed by atoms with van der Waals surface area (Å²) >= 11 is 0. The third-order valence-corrected chi connectivity index (χ3v) is 3.84. The van der Waals surface area contributed by atoms with E-state index in [-0.39, 0.29) is 56.1 Å². The van der Waals surface area contributed by atoms with Gasteiger partial charge < -0.3 is 9.64 Å². The Kier molecular flexibility index (Phi) is 4.93. The number of esters is 1. The molecule has 21 heavy (non-hydrogen) atoms. The minimum Gasteiger partial charge on any atom is -0.464 e. The molecule has 2 aliphatic rings. The largest absolute Gasteiger partial charge is 0.464 e. The van der Waals surface area contributed by atoms with Gasteiger partial charge in [-0.2, -0.15) is 0 Å². The molecule has 2 rings (SSSR count). The second-order valence-electron chi connectivity index (χ2n) is 5.19. The number of ether oxygens (including phenoxy) is 1. The monoisotopic (exact) mass is 296 g/mol. The summed E-state index contributed by atoms with van der Waals surface area (Å²) in [6.45, 7) is 2.63. The van der Waals surface area contributed by atoms with Gasteiger partial charge in [-0.25, -0.2) is 4.79 Å². The average Bonchev–Trinajstić information content (AvgIpc) is 3.05. The highest BCUT2D eigenvalue weighted by molar-refractivity contribution is 6.02. The van der Waals surface area contributed by atoms with Crippen LogP contribution in [0.2, 0.25) is 0 Å². The van der Waals surface area contributed by atoms with Crippen LogP contribution in [0.3, 0.4) is 0 Å². The lowest BCUT2D eigenvalue weighted by atomic mass is 10.2. The van der Waals surface area contributed by atoms with E-state index < -0.39 is 6.04 Å². The third-order valence-electron chi connectivity index (χ3n) is 3.84. The van der Waals surface area contributed by atoms with Crippen LogP contribution in [0.1, 0.15) is 39.0 Å². The van der Waals surface area contributed by atoms with E-state index in [0.29, 0.717) is 13.0 Å². The predicted molar refractivity (Wildman–Crippen MR) is 71.9 cm³/mol. The highest BCUT2D eigenvalue weighted by Crippen LogP contribution is 2.20. The van der Waals surface area contributed by atoms with Gasteiger partial charge in [0.25, 0.3) is 0 Å². The average molecular weight is 296 g/mol. The Morgan fingerprint density at radius 1 is 1.24 bits per heavy atom. The SMILES string of the molecule is CCOC(=O)C1CCCN1C(=O)CCN1C(=O)CCC1=O. The Hall–Kier alpha value is -1.92. The van der Waals surface area contributed by atoms with Crippen molar-refractivity contribution in [2.45, 2.75) is 45.1 Å². The van der Waals surface area contributed by atoms with E-state index >= 15 is 0 Å². The van der Waals surface area contributed by atoms with E-state index in [1.165, 1.54) is 4.90 Å². The van der Waals surface area contributed by atoms with Gasteiger partial charge >= 0.3 is 5.97 Å². The zero-order valence-electron chi connectivity index (χ0n) is 12.2. The Labute approximate surface area is 123 Å². The molecule has 2 saturated heterocycles. The topological polar surface area (TPSA) is 84.0 Å². The molecule has 3 amide bonds. The molecule has 0 aromatic rings. The van der Waals surface area contributed by atoms with Gasteiger partial charge in [0, 0.05) is 32.4 Å². The maximum absolute atomic E-state index is 12.2. The van der Waals surface area contributed by atoms with Crippen LogP contribution in [0.4, 0.5) is 0 Å². The van der Waals surface area contributed by atoms with E-state index in [4.69, 9.17) is 4.74 Å². The molecule has 1 unspecified atom stereocenters. The number of carbonyl (C=O) groups excluding carboxylic acids is 4. The van der Waals surface area contributed by atoms with Crippen molar-refractivity contribution in [1.82, 2.24) is 9.80 Å². The molecule has 0 N–H and O–H groups in total. The summed E-state index contributed by atoms with van der Waals surface area (Å²) in [5, 5.41) is 0. The number of rotatable bonds is 5. The first kappa shape index (κ1) is 15.5. The summed E-state index contributed by atoms with van der Waals surface area (Å²) < 4.78 is 4.97. The Bertz CT molecular complexity index is 446. The van der Waals surface area contributed by atoms with Crippen molar-refractivity contribution in [1.29, 1.82) is 0 Å². The van der Waals surface area contributed by atoms with Gasteiger partial charge in [-0.3, -0.25) is 19.3 Å². The molecule has 2 aliphatic heterocycles. The summed E-state index contributed by atoms with van der Waals surface area (Å²) in [4.78, 5) is 49.6. The standard InChI is InChI=1S/C14H20N2O5/c1-2-21-14(20)10-4-3-8-15(10)13(19)7-9-16-11(17)5-6-12(16)18/h10H,2-9H2,1H3. The zero-order valence-corrected chi connectivity index (χ0v) is 12.2. The maximum atomic E-state index is 12.2. The van der Waals surface area contributed by atoms with E-state index in [9.17, 15) is 19.2 Å². The molecule has 116 valence electrons. The molecule has 0 radical (unpaired) electrons. The second-order valence-corrected chi connectivity index (χ2v) is 5.19. The van der Waals surface area contributed by atoms with Crippen LogP contribution in [0.25, 0.3) is 0 Å². The van der Waals surface area contributed by atoms with Crippen LogP contribution in [0.5, 0.6) is 0 Å². The van der Waals surface area contributed by atoms with Crippen molar-refractivity contribution in [3.8, 4) is 0 Å². The molecular formula is C14H20N2O5. The number of hydrogen-bond donors (Lipinski definition) is 0. The van der Waals surface area contributed by atoms with Crippen LogP contribution in [0, 0.1) is 0 Å². The fraction of sp³-hybridized carbons (Fsp3) is 0.714. The van der Waals surface area contributed by atoms with Crippen molar-refractivity contribution in [2.24, 2.45) is 0 Å². The van der Waals surface area contributed by atoms with Gasteiger partial charge in [0.15, 0.2) is 0 Å². The van der Waals surface area contributed by atoms with Crippen LogP contribution in [-0.2, 0) is 23.9 Å². The lowest BCUT2D eigenvalue weighted by molar-refractivity contribution is -0.153. The van der Waals surface area contributed by atoms with Gasteiger partial charge in [0.05, 0.1) is 6.61 Å². The molecule has 1 atom stereocenters. The number of carbonyl (C=O) groups is 4. The van der Waals surface area contributed by atoms with E-state index in [1.807, 2.05) is 0 Å². The van der Waals surface area contributed by atoms with Crippen molar-refractivity contribution >= 4 is 23.7 Å². The molecular weight excluding hydrogens is 276 g/mol. The van der Waals surface area contributed by atoms with Gasteiger partial charge in [-0.1, -0.05) is 0 Å². The van der Waals surface area contributed by atoms with Crippen LogP contribution < -0.4 is 0 Å². The van der Waals surface area contributed by atoms with E-state index in [2.05, 4.69) is 0 Å². The van der Waals surface area contributed by atoms with E-state index in [1.54, 1.807) is 6.92 Å². The number of amides is 3.